The number of hydrogen-bond donors (Lipinski definition) is 1. The monoisotopic (exact) mass is 444 g/mol. The summed E-state index contributed by atoms with van der Waals surface area (Å²) in [5.74, 6) is -0.699. The van der Waals surface area contributed by atoms with Crippen LogP contribution in [-0.2, 0) is 4.79 Å². The molecule has 8 heteroatoms. The van der Waals surface area contributed by atoms with Gasteiger partial charge in [0.05, 0.1) is 6.61 Å². The molecule has 0 aliphatic heterocycles. The summed E-state index contributed by atoms with van der Waals surface area (Å²) in [7, 11) is 0. The van der Waals surface area contributed by atoms with Crippen molar-refractivity contribution in [2.45, 2.75) is 6.92 Å². The van der Waals surface area contributed by atoms with Gasteiger partial charge in [0, 0.05) is 18.0 Å². The maximum atomic E-state index is 12.5. The first-order chi connectivity index (χ1) is 15.9. The van der Waals surface area contributed by atoms with Crippen LogP contribution in [0.15, 0.2) is 76.0 Å². The SMILES string of the molecule is C=CCNC(=O)c1cc2ccc(OC(=O)/C(C#N)=C/c3ccc(OCC)cc3)cc2oc1=O. The third-order valence-electron chi connectivity index (χ3n) is 4.41. The molecule has 166 valence electrons. The molecule has 1 aromatic heterocycles. The van der Waals surface area contributed by atoms with E-state index < -0.39 is 17.5 Å². The van der Waals surface area contributed by atoms with Crippen LogP contribution in [0.25, 0.3) is 17.0 Å². The number of amides is 1. The Morgan fingerprint density at radius 2 is 1.88 bits per heavy atom. The highest BCUT2D eigenvalue weighted by Gasteiger charge is 2.16. The highest BCUT2D eigenvalue weighted by Crippen LogP contribution is 2.22. The van der Waals surface area contributed by atoms with Gasteiger partial charge in [-0.3, -0.25) is 4.79 Å². The molecule has 0 aliphatic carbocycles. The molecule has 0 fully saturated rings. The number of nitrogens with one attached hydrogen (secondary N) is 1. The predicted octanol–water partition coefficient (Wildman–Crippen LogP) is 3.62. The van der Waals surface area contributed by atoms with E-state index in [0.717, 1.165) is 0 Å². The lowest BCUT2D eigenvalue weighted by Crippen LogP contribution is -2.28. The molecule has 2 aromatic carbocycles. The Labute approximate surface area is 189 Å². The van der Waals surface area contributed by atoms with Crippen LogP contribution in [0.1, 0.15) is 22.8 Å². The zero-order valence-corrected chi connectivity index (χ0v) is 17.8. The standard InChI is InChI=1S/C25H20N2O6/c1-3-11-27-23(28)21-13-17-7-10-20(14-22(17)33-25(21)30)32-24(29)18(15-26)12-16-5-8-19(9-6-16)31-4-2/h3,5-10,12-14H,1,4,11H2,2H3,(H,27,28)/b18-12+. The molecule has 0 aliphatic rings. The van der Waals surface area contributed by atoms with Gasteiger partial charge in [-0.15, -0.1) is 6.58 Å². The summed E-state index contributed by atoms with van der Waals surface area (Å²) in [6.45, 7) is 6.10. The molecular weight excluding hydrogens is 424 g/mol. The molecule has 33 heavy (non-hydrogen) atoms. The highest BCUT2D eigenvalue weighted by atomic mass is 16.5. The minimum absolute atomic E-state index is 0.0763. The third-order valence-corrected chi connectivity index (χ3v) is 4.41. The lowest BCUT2D eigenvalue weighted by Gasteiger charge is -2.06. The van der Waals surface area contributed by atoms with Crippen molar-refractivity contribution in [2.75, 3.05) is 13.2 Å². The molecule has 3 rings (SSSR count). The summed E-state index contributed by atoms with van der Waals surface area (Å²) in [6.07, 6.45) is 2.88. The zero-order chi connectivity index (χ0) is 23.8. The van der Waals surface area contributed by atoms with Crippen LogP contribution in [0.5, 0.6) is 11.5 Å². The van der Waals surface area contributed by atoms with Gasteiger partial charge in [0.15, 0.2) is 0 Å². The largest absolute Gasteiger partial charge is 0.494 e. The Morgan fingerprint density at radius 1 is 1.15 bits per heavy atom. The van der Waals surface area contributed by atoms with E-state index in [9.17, 15) is 19.6 Å². The summed E-state index contributed by atoms with van der Waals surface area (Å²) in [5.41, 5.74) is -0.451. The van der Waals surface area contributed by atoms with Crippen LogP contribution in [-0.4, -0.2) is 25.0 Å². The molecule has 8 nitrogen and oxygen atoms in total. The Kier molecular flexibility index (Phi) is 7.39. The van der Waals surface area contributed by atoms with Gasteiger partial charge in [-0.25, -0.2) is 9.59 Å². The molecule has 0 saturated heterocycles. The van der Waals surface area contributed by atoms with Crippen molar-refractivity contribution >= 4 is 28.9 Å². The van der Waals surface area contributed by atoms with Crippen molar-refractivity contribution in [3.63, 3.8) is 0 Å². The Balaban J connectivity index is 1.80. The molecule has 1 heterocycles. The number of esters is 1. The normalized spacial score (nSPS) is 10.8. The molecule has 3 aromatic rings. The fourth-order valence-electron chi connectivity index (χ4n) is 2.87. The maximum absolute atomic E-state index is 12.5. The van der Waals surface area contributed by atoms with Crippen LogP contribution >= 0.6 is 0 Å². The summed E-state index contributed by atoms with van der Waals surface area (Å²) in [4.78, 5) is 36.7. The number of carbonyl (C=O) groups excluding carboxylic acids is 2. The fourth-order valence-corrected chi connectivity index (χ4v) is 2.87. The first-order valence-electron chi connectivity index (χ1n) is 9.99. The van der Waals surface area contributed by atoms with E-state index in [1.54, 1.807) is 24.3 Å². The van der Waals surface area contributed by atoms with Crippen molar-refractivity contribution in [1.82, 2.24) is 5.32 Å². The molecule has 1 N–H and O–H groups in total. The minimum atomic E-state index is -0.867. The Hall–Kier alpha value is -4.64. The van der Waals surface area contributed by atoms with Crippen LogP contribution in [0.2, 0.25) is 0 Å². The van der Waals surface area contributed by atoms with Gasteiger partial charge in [0.1, 0.15) is 34.3 Å². The van der Waals surface area contributed by atoms with Crippen molar-refractivity contribution in [2.24, 2.45) is 0 Å². The number of rotatable bonds is 8. The van der Waals surface area contributed by atoms with Gasteiger partial charge in [0.2, 0.25) is 0 Å². The third kappa shape index (κ3) is 5.74. The second-order valence-corrected chi connectivity index (χ2v) is 6.71. The number of ether oxygens (including phenoxy) is 2. The zero-order valence-electron chi connectivity index (χ0n) is 17.8. The second kappa shape index (κ2) is 10.6. The second-order valence-electron chi connectivity index (χ2n) is 6.71. The smallest absolute Gasteiger partial charge is 0.354 e. The topological polar surface area (TPSA) is 119 Å². The van der Waals surface area contributed by atoms with E-state index in [1.807, 2.05) is 13.0 Å². The van der Waals surface area contributed by atoms with Crippen LogP contribution in [0.4, 0.5) is 0 Å². The maximum Gasteiger partial charge on any atom is 0.354 e. The van der Waals surface area contributed by atoms with Crippen molar-refractivity contribution in [1.29, 1.82) is 5.26 Å². The number of hydrogen-bond acceptors (Lipinski definition) is 7. The molecule has 0 saturated carbocycles. The van der Waals surface area contributed by atoms with Gasteiger partial charge in [-0.1, -0.05) is 18.2 Å². The molecular formula is C25H20N2O6. The van der Waals surface area contributed by atoms with Crippen LogP contribution in [0.3, 0.4) is 0 Å². The first-order valence-corrected chi connectivity index (χ1v) is 9.99. The number of benzene rings is 2. The lowest BCUT2D eigenvalue weighted by atomic mass is 10.1. The average molecular weight is 444 g/mol. The van der Waals surface area contributed by atoms with Gasteiger partial charge in [-0.2, -0.15) is 5.26 Å². The fraction of sp³-hybridized carbons (Fsp3) is 0.120. The molecule has 0 bridgehead atoms. The molecule has 0 unspecified atom stereocenters. The molecule has 0 atom stereocenters. The summed E-state index contributed by atoms with van der Waals surface area (Å²) < 4.78 is 15.8. The summed E-state index contributed by atoms with van der Waals surface area (Å²) in [5, 5.41) is 12.4. The minimum Gasteiger partial charge on any atom is -0.494 e. The Bertz CT molecular complexity index is 1330. The van der Waals surface area contributed by atoms with Crippen LogP contribution in [0, 0.1) is 11.3 Å². The van der Waals surface area contributed by atoms with E-state index in [0.29, 0.717) is 23.3 Å². The van der Waals surface area contributed by atoms with E-state index in [4.69, 9.17) is 13.9 Å². The molecule has 0 spiro atoms. The lowest BCUT2D eigenvalue weighted by molar-refractivity contribution is -0.129. The van der Waals surface area contributed by atoms with Gasteiger partial charge >= 0.3 is 11.6 Å². The first kappa shape index (κ1) is 23.0. The number of nitriles is 1. The highest BCUT2D eigenvalue weighted by molar-refractivity contribution is 5.99. The number of carbonyl (C=O) groups is 2. The van der Waals surface area contributed by atoms with E-state index >= 15 is 0 Å². The Morgan fingerprint density at radius 3 is 2.55 bits per heavy atom. The van der Waals surface area contributed by atoms with Crippen molar-refractivity contribution < 1.29 is 23.5 Å². The van der Waals surface area contributed by atoms with Crippen molar-refractivity contribution in [3.05, 3.63) is 88.3 Å². The quantitative estimate of drug-likeness (QED) is 0.141. The number of nitrogens with zero attached hydrogens (tertiary/aromatic N) is 1. The van der Waals surface area contributed by atoms with E-state index in [-0.39, 0.29) is 29.0 Å². The van der Waals surface area contributed by atoms with Crippen LogP contribution < -0.4 is 20.4 Å². The predicted molar refractivity (Wildman–Crippen MR) is 122 cm³/mol. The summed E-state index contributed by atoms with van der Waals surface area (Å²) in [6, 6.07) is 14.4. The van der Waals surface area contributed by atoms with Gasteiger partial charge in [0.25, 0.3) is 5.91 Å². The average Bonchev–Trinajstić information content (AvgIpc) is 2.81. The van der Waals surface area contributed by atoms with Crippen molar-refractivity contribution in [3.8, 4) is 17.6 Å². The molecule has 0 radical (unpaired) electrons. The number of fused-ring (bicyclic) bond motifs is 1. The summed E-state index contributed by atoms with van der Waals surface area (Å²) >= 11 is 0. The van der Waals surface area contributed by atoms with Gasteiger partial charge in [-0.05, 0) is 48.9 Å². The van der Waals surface area contributed by atoms with E-state index in [2.05, 4.69) is 11.9 Å². The van der Waals surface area contributed by atoms with Gasteiger partial charge < -0.3 is 19.2 Å². The van der Waals surface area contributed by atoms with E-state index in [1.165, 1.54) is 36.4 Å². The molecule has 1 amide bonds.